The molecule has 0 aliphatic carbocycles. The van der Waals surface area contributed by atoms with Crippen LogP contribution in [0.2, 0.25) is 0 Å². The van der Waals surface area contributed by atoms with E-state index in [1.165, 1.54) is 11.0 Å². The van der Waals surface area contributed by atoms with Crippen LogP contribution in [0, 0.1) is 0 Å². The minimum absolute atomic E-state index is 0.0444. The largest absolute Gasteiger partial charge is 0.467 e. The summed E-state index contributed by atoms with van der Waals surface area (Å²) in [5, 5.41) is 1.10. The van der Waals surface area contributed by atoms with Crippen molar-refractivity contribution in [2.45, 2.75) is 13.0 Å². The molecule has 0 bridgehead atoms. The number of nitrogens with one attached hydrogen (secondary N) is 1. The van der Waals surface area contributed by atoms with Crippen molar-refractivity contribution < 1.29 is 17.6 Å². The van der Waals surface area contributed by atoms with E-state index in [1.54, 1.807) is 37.6 Å². The molecule has 0 radical (unpaired) electrons. The van der Waals surface area contributed by atoms with Gasteiger partial charge in [-0.2, -0.15) is 0 Å². The molecule has 1 N–H and O–H groups in total. The van der Waals surface area contributed by atoms with Gasteiger partial charge in [0.1, 0.15) is 5.76 Å². The summed E-state index contributed by atoms with van der Waals surface area (Å²) in [6, 6.07) is 12.6. The highest BCUT2D eigenvalue weighted by Crippen LogP contribution is 2.05. The van der Waals surface area contributed by atoms with Crippen molar-refractivity contribution in [3.63, 3.8) is 0 Å². The molecule has 0 atom stereocenters. The van der Waals surface area contributed by atoms with Crippen molar-refractivity contribution in [1.29, 1.82) is 0 Å². The van der Waals surface area contributed by atoms with Crippen molar-refractivity contribution in [3.8, 4) is 0 Å². The Hall–Kier alpha value is -2.38. The summed E-state index contributed by atoms with van der Waals surface area (Å²) >= 11 is 0. The first-order chi connectivity index (χ1) is 11.5. The van der Waals surface area contributed by atoms with Crippen molar-refractivity contribution in [3.05, 3.63) is 65.5 Å². The Morgan fingerprint density at radius 3 is 2.62 bits per heavy atom. The van der Waals surface area contributed by atoms with Gasteiger partial charge in [0.2, 0.25) is 15.9 Å². The zero-order valence-corrected chi connectivity index (χ0v) is 14.2. The lowest BCUT2D eigenvalue weighted by Gasteiger charge is -2.15. The number of hydrogen-bond donors (Lipinski definition) is 1. The Balaban J connectivity index is 1.77. The Kier molecular flexibility index (Phi) is 6.34. The van der Waals surface area contributed by atoms with Crippen LogP contribution in [-0.4, -0.2) is 32.8 Å². The maximum absolute atomic E-state index is 12.0. The molecule has 0 unspecified atom stereocenters. The highest BCUT2D eigenvalue weighted by Gasteiger charge is 2.12. The van der Waals surface area contributed by atoms with Gasteiger partial charge in [0.25, 0.3) is 0 Å². The molecule has 1 amide bonds. The van der Waals surface area contributed by atoms with Gasteiger partial charge in [-0.3, -0.25) is 4.79 Å². The van der Waals surface area contributed by atoms with Crippen LogP contribution >= 0.6 is 0 Å². The number of sulfonamides is 1. The molecule has 24 heavy (non-hydrogen) atoms. The van der Waals surface area contributed by atoms with Gasteiger partial charge in [-0.25, -0.2) is 13.1 Å². The van der Waals surface area contributed by atoms with E-state index < -0.39 is 10.0 Å². The summed E-state index contributed by atoms with van der Waals surface area (Å²) in [4.78, 5) is 13.5. The van der Waals surface area contributed by atoms with Gasteiger partial charge in [-0.1, -0.05) is 30.3 Å². The van der Waals surface area contributed by atoms with E-state index in [-0.39, 0.29) is 18.9 Å². The number of amides is 1. The molecule has 6 nitrogen and oxygen atoms in total. The number of rotatable bonds is 8. The van der Waals surface area contributed by atoms with Gasteiger partial charge in [-0.05, 0) is 23.8 Å². The van der Waals surface area contributed by atoms with Crippen LogP contribution in [0.4, 0.5) is 0 Å². The minimum atomic E-state index is -3.57. The first kappa shape index (κ1) is 18.0. The van der Waals surface area contributed by atoms with Crippen LogP contribution in [-0.2, 0) is 21.4 Å². The molecular formula is C17H20N2O4S. The van der Waals surface area contributed by atoms with Crippen molar-refractivity contribution in [2.75, 3.05) is 13.6 Å². The lowest BCUT2D eigenvalue weighted by atomic mass is 10.2. The van der Waals surface area contributed by atoms with E-state index in [0.29, 0.717) is 12.3 Å². The van der Waals surface area contributed by atoms with Gasteiger partial charge in [-0.15, -0.1) is 0 Å². The third-order valence-electron chi connectivity index (χ3n) is 3.28. The van der Waals surface area contributed by atoms with Crippen molar-refractivity contribution in [1.82, 2.24) is 9.62 Å². The maximum Gasteiger partial charge on any atom is 0.233 e. The maximum atomic E-state index is 12.0. The van der Waals surface area contributed by atoms with Crippen LogP contribution in [0.15, 0.2) is 58.6 Å². The lowest BCUT2D eigenvalue weighted by Crippen LogP contribution is -2.31. The average Bonchev–Trinajstić information content (AvgIpc) is 3.07. The smallest absolute Gasteiger partial charge is 0.233 e. The molecule has 7 heteroatoms. The SMILES string of the molecule is CN(Cc1ccco1)C(=O)CCNS(=O)(=O)/C=C/c1ccccc1. The molecule has 1 heterocycles. The van der Waals surface area contributed by atoms with Crippen LogP contribution in [0.25, 0.3) is 6.08 Å². The molecule has 1 aromatic carbocycles. The summed E-state index contributed by atoms with van der Waals surface area (Å²) in [6.45, 7) is 0.398. The molecule has 0 aliphatic rings. The standard InChI is InChI=1S/C17H20N2O4S/c1-19(14-16-8-5-12-23-16)17(20)9-11-18-24(21,22)13-10-15-6-3-2-4-7-15/h2-8,10,12-13,18H,9,11,14H2,1H3/b13-10+. The number of furan rings is 1. The predicted molar refractivity (Wildman–Crippen MR) is 92.2 cm³/mol. The first-order valence-electron chi connectivity index (χ1n) is 7.45. The van der Waals surface area contributed by atoms with Crippen molar-refractivity contribution >= 4 is 22.0 Å². The lowest BCUT2D eigenvalue weighted by molar-refractivity contribution is -0.130. The summed E-state index contributed by atoms with van der Waals surface area (Å²) < 4.78 is 31.3. The number of nitrogens with zero attached hydrogens (tertiary/aromatic N) is 1. The molecule has 2 rings (SSSR count). The number of benzene rings is 1. The fourth-order valence-corrected chi connectivity index (χ4v) is 2.82. The Morgan fingerprint density at radius 2 is 1.96 bits per heavy atom. The van der Waals surface area contributed by atoms with E-state index in [9.17, 15) is 13.2 Å². The van der Waals surface area contributed by atoms with E-state index in [2.05, 4.69) is 4.72 Å². The molecule has 0 saturated heterocycles. The van der Waals surface area contributed by atoms with Gasteiger partial charge >= 0.3 is 0 Å². The first-order valence-corrected chi connectivity index (χ1v) is 9.00. The second-order valence-electron chi connectivity index (χ2n) is 5.23. The second-order valence-corrected chi connectivity index (χ2v) is 6.88. The summed E-state index contributed by atoms with van der Waals surface area (Å²) in [7, 11) is -1.92. The number of carbonyl (C=O) groups is 1. The number of hydrogen-bond acceptors (Lipinski definition) is 4. The zero-order chi connectivity index (χ0) is 17.4. The molecule has 1 aromatic heterocycles. The van der Waals surface area contributed by atoms with Crippen LogP contribution in [0.3, 0.4) is 0 Å². The molecule has 0 spiro atoms. The molecule has 0 saturated carbocycles. The van der Waals surface area contributed by atoms with Crippen LogP contribution in [0.5, 0.6) is 0 Å². The van der Waals surface area contributed by atoms with E-state index >= 15 is 0 Å². The Bertz CT molecular complexity index is 768. The fraction of sp³-hybridized carbons (Fsp3) is 0.235. The van der Waals surface area contributed by atoms with E-state index in [4.69, 9.17) is 4.42 Å². The predicted octanol–water partition coefficient (Wildman–Crippen LogP) is 2.22. The average molecular weight is 348 g/mol. The topological polar surface area (TPSA) is 79.6 Å². The van der Waals surface area contributed by atoms with Gasteiger partial charge in [0, 0.05) is 25.4 Å². The summed E-state index contributed by atoms with van der Waals surface area (Å²) in [5.74, 6) is 0.512. The number of carbonyl (C=O) groups excluding carboxylic acids is 1. The Labute approximate surface area is 141 Å². The molecule has 0 aliphatic heterocycles. The molecule has 0 fully saturated rings. The third kappa shape index (κ3) is 6.02. The van der Waals surface area contributed by atoms with Crippen LogP contribution in [0.1, 0.15) is 17.7 Å². The normalized spacial score (nSPS) is 11.7. The second kappa shape index (κ2) is 8.47. The monoisotopic (exact) mass is 348 g/mol. The minimum Gasteiger partial charge on any atom is -0.467 e. The fourth-order valence-electron chi connectivity index (χ4n) is 2.00. The van der Waals surface area contributed by atoms with Gasteiger partial charge in [0.05, 0.1) is 12.8 Å². The van der Waals surface area contributed by atoms with Gasteiger partial charge in [0.15, 0.2) is 0 Å². The van der Waals surface area contributed by atoms with Crippen LogP contribution < -0.4 is 4.72 Å². The van der Waals surface area contributed by atoms with Crippen molar-refractivity contribution in [2.24, 2.45) is 0 Å². The summed E-state index contributed by atoms with van der Waals surface area (Å²) in [5.41, 5.74) is 0.789. The molecule has 128 valence electrons. The quantitative estimate of drug-likeness (QED) is 0.793. The molecule has 2 aromatic rings. The third-order valence-corrected chi connectivity index (χ3v) is 4.38. The van der Waals surface area contributed by atoms with E-state index in [1.807, 2.05) is 18.2 Å². The highest BCUT2D eigenvalue weighted by molar-refractivity contribution is 7.92. The highest BCUT2D eigenvalue weighted by atomic mass is 32.2. The van der Waals surface area contributed by atoms with Gasteiger partial charge < -0.3 is 9.32 Å². The molecular weight excluding hydrogens is 328 g/mol. The van der Waals surface area contributed by atoms with E-state index in [0.717, 1.165) is 11.0 Å². The summed E-state index contributed by atoms with van der Waals surface area (Å²) in [6.07, 6.45) is 3.13. The zero-order valence-electron chi connectivity index (χ0n) is 13.4. The Morgan fingerprint density at radius 1 is 1.21 bits per heavy atom.